The predicted molar refractivity (Wildman–Crippen MR) is 53.9 cm³/mol. The Morgan fingerprint density at radius 3 is 2.77 bits per heavy atom. The van der Waals surface area contributed by atoms with Crippen LogP contribution in [0.15, 0.2) is 0 Å². The number of methoxy groups -OCH3 is 1. The summed E-state index contributed by atoms with van der Waals surface area (Å²) in [6.07, 6.45) is -0.290. The highest BCUT2D eigenvalue weighted by Gasteiger charge is 2.05. The SMILES string of the molecule is CCN(C)CC(O)CNCCOC. The Morgan fingerprint density at radius 2 is 2.23 bits per heavy atom. The summed E-state index contributed by atoms with van der Waals surface area (Å²) in [5, 5.41) is 12.6. The second-order valence-corrected chi connectivity index (χ2v) is 3.21. The fourth-order valence-corrected chi connectivity index (χ4v) is 0.996. The zero-order valence-corrected chi connectivity index (χ0v) is 8.92. The van der Waals surface area contributed by atoms with Crippen molar-refractivity contribution in [2.24, 2.45) is 0 Å². The predicted octanol–water partition coefficient (Wildman–Crippen LogP) is -0.465. The molecule has 1 atom stereocenters. The molecule has 0 aromatic rings. The lowest BCUT2D eigenvalue weighted by Crippen LogP contribution is -2.37. The smallest absolute Gasteiger partial charge is 0.0791 e. The molecule has 0 rings (SSSR count). The van der Waals surface area contributed by atoms with Crippen molar-refractivity contribution >= 4 is 0 Å². The first-order valence-electron chi connectivity index (χ1n) is 4.77. The summed E-state index contributed by atoms with van der Waals surface area (Å²) in [4.78, 5) is 2.09. The highest BCUT2D eigenvalue weighted by molar-refractivity contribution is 4.63. The molecule has 4 heteroatoms. The average Bonchev–Trinajstić information content (AvgIpc) is 2.12. The van der Waals surface area contributed by atoms with Crippen LogP contribution in [-0.2, 0) is 4.74 Å². The Kier molecular flexibility index (Phi) is 8.33. The van der Waals surface area contributed by atoms with Gasteiger partial charge in [0.05, 0.1) is 12.7 Å². The van der Waals surface area contributed by atoms with Gasteiger partial charge in [-0.3, -0.25) is 0 Å². The first-order chi connectivity index (χ1) is 6.20. The van der Waals surface area contributed by atoms with Crippen molar-refractivity contribution in [3.63, 3.8) is 0 Å². The number of nitrogens with zero attached hydrogens (tertiary/aromatic N) is 1. The van der Waals surface area contributed by atoms with Gasteiger partial charge in [0, 0.05) is 26.7 Å². The van der Waals surface area contributed by atoms with E-state index in [2.05, 4.69) is 17.1 Å². The summed E-state index contributed by atoms with van der Waals surface area (Å²) in [5.74, 6) is 0. The number of hydrogen-bond donors (Lipinski definition) is 2. The quantitative estimate of drug-likeness (QED) is 0.508. The molecule has 4 nitrogen and oxygen atoms in total. The molecule has 0 fully saturated rings. The molecule has 0 aromatic carbocycles. The van der Waals surface area contributed by atoms with E-state index in [4.69, 9.17) is 4.74 Å². The van der Waals surface area contributed by atoms with Gasteiger partial charge in [0.15, 0.2) is 0 Å². The second-order valence-electron chi connectivity index (χ2n) is 3.21. The summed E-state index contributed by atoms with van der Waals surface area (Å²) in [7, 11) is 3.67. The largest absolute Gasteiger partial charge is 0.390 e. The van der Waals surface area contributed by atoms with Crippen LogP contribution in [0.25, 0.3) is 0 Å². The second kappa shape index (κ2) is 8.44. The van der Waals surface area contributed by atoms with E-state index in [1.165, 1.54) is 0 Å². The third-order valence-corrected chi connectivity index (χ3v) is 1.93. The summed E-state index contributed by atoms with van der Waals surface area (Å²) in [6, 6.07) is 0. The fourth-order valence-electron chi connectivity index (χ4n) is 0.996. The van der Waals surface area contributed by atoms with Gasteiger partial charge in [0.1, 0.15) is 0 Å². The molecule has 0 saturated carbocycles. The maximum Gasteiger partial charge on any atom is 0.0791 e. The lowest BCUT2D eigenvalue weighted by Gasteiger charge is -2.18. The number of aliphatic hydroxyl groups is 1. The molecule has 0 aliphatic rings. The molecule has 0 bridgehead atoms. The average molecular weight is 190 g/mol. The molecule has 0 amide bonds. The molecule has 0 radical (unpaired) electrons. The van der Waals surface area contributed by atoms with Crippen LogP contribution in [0.5, 0.6) is 0 Å². The first kappa shape index (κ1) is 12.8. The van der Waals surface area contributed by atoms with Crippen molar-refractivity contribution in [2.75, 3.05) is 46.9 Å². The normalized spacial score (nSPS) is 13.6. The number of hydrogen-bond acceptors (Lipinski definition) is 4. The van der Waals surface area contributed by atoms with Gasteiger partial charge in [-0.2, -0.15) is 0 Å². The van der Waals surface area contributed by atoms with Crippen LogP contribution in [-0.4, -0.2) is 63.1 Å². The maximum absolute atomic E-state index is 9.51. The van der Waals surface area contributed by atoms with Crippen molar-refractivity contribution in [3.05, 3.63) is 0 Å². The molecular weight excluding hydrogens is 168 g/mol. The lowest BCUT2D eigenvalue weighted by atomic mass is 10.3. The molecule has 2 N–H and O–H groups in total. The van der Waals surface area contributed by atoms with Gasteiger partial charge in [-0.15, -0.1) is 0 Å². The van der Waals surface area contributed by atoms with Crippen molar-refractivity contribution < 1.29 is 9.84 Å². The molecular formula is C9H22N2O2. The van der Waals surface area contributed by atoms with Crippen LogP contribution >= 0.6 is 0 Å². The molecule has 0 aliphatic carbocycles. The maximum atomic E-state index is 9.51. The molecule has 0 spiro atoms. The Morgan fingerprint density at radius 1 is 1.54 bits per heavy atom. The fraction of sp³-hybridized carbons (Fsp3) is 1.00. The standard InChI is InChI=1S/C9H22N2O2/c1-4-11(2)8-9(12)7-10-5-6-13-3/h9-10,12H,4-8H2,1-3H3. The molecule has 0 aromatic heterocycles. The zero-order chi connectivity index (χ0) is 10.1. The van der Waals surface area contributed by atoms with Crippen LogP contribution in [0.3, 0.4) is 0 Å². The van der Waals surface area contributed by atoms with Crippen molar-refractivity contribution in [2.45, 2.75) is 13.0 Å². The number of nitrogens with one attached hydrogen (secondary N) is 1. The number of aliphatic hydroxyl groups excluding tert-OH is 1. The third kappa shape index (κ3) is 8.18. The van der Waals surface area contributed by atoms with Gasteiger partial charge in [0.2, 0.25) is 0 Å². The number of likely N-dealkylation sites (N-methyl/N-ethyl adjacent to an activating group) is 1. The minimum Gasteiger partial charge on any atom is -0.390 e. The monoisotopic (exact) mass is 190 g/mol. The van der Waals surface area contributed by atoms with E-state index < -0.39 is 0 Å². The van der Waals surface area contributed by atoms with E-state index in [1.54, 1.807) is 7.11 Å². The van der Waals surface area contributed by atoms with E-state index in [0.29, 0.717) is 13.2 Å². The van der Waals surface area contributed by atoms with Gasteiger partial charge in [0.25, 0.3) is 0 Å². The van der Waals surface area contributed by atoms with Gasteiger partial charge in [-0.25, -0.2) is 0 Å². The van der Waals surface area contributed by atoms with Gasteiger partial charge in [-0.05, 0) is 13.6 Å². The van der Waals surface area contributed by atoms with Crippen molar-refractivity contribution in [3.8, 4) is 0 Å². The van der Waals surface area contributed by atoms with E-state index in [0.717, 1.165) is 19.6 Å². The van der Waals surface area contributed by atoms with E-state index >= 15 is 0 Å². The topological polar surface area (TPSA) is 44.7 Å². The Hall–Kier alpha value is -0.160. The van der Waals surface area contributed by atoms with Crippen LogP contribution in [0.4, 0.5) is 0 Å². The Balaban J connectivity index is 3.24. The summed E-state index contributed by atoms with van der Waals surface area (Å²) in [6.45, 7) is 5.88. The van der Waals surface area contributed by atoms with Crippen molar-refractivity contribution in [1.82, 2.24) is 10.2 Å². The molecule has 1 unspecified atom stereocenters. The van der Waals surface area contributed by atoms with E-state index in [-0.39, 0.29) is 6.10 Å². The molecule has 0 aliphatic heterocycles. The van der Waals surface area contributed by atoms with E-state index in [9.17, 15) is 5.11 Å². The summed E-state index contributed by atoms with van der Waals surface area (Å²) in [5.41, 5.74) is 0. The molecule has 0 heterocycles. The van der Waals surface area contributed by atoms with Crippen LogP contribution in [0.1, 0.15) is 6.92 Å². The highest BCUT2D eigenvalue weighted by atomic mass is 16.5. The molecule has 80 valence electrons. The molecule has 13 heavy (non-hydrogen) atoms. The Bertz CT molecular complexity index is 112. The minimum atomic E-state index is -0.290. The Labute approximate surface area is 80.9 Å². The summed E-state index contributed by atoms with van der Waals surface area (Å²) < 4.78 is 4.87. The van der Waals surface area contributed by atoms with Gasteiger partial charge >= 0.3 is 0 Å². The first-order valence-corrected chi connectivity index (χ1v) is 4.77. The number of rotatable bonds is 8. The number of ether oxygens (including phenoxy) is 1. The van der Waals surface area contributed by atoms with Crippen molar-refractivity contribution in [1.29, 1.82) is 0 Å². The minimum absolute atomic E-state index is 0.290. The van der Waals surface area contributed by atoms with Crippen LogP contribution < -0.4 is 5.32 Å². The van der Waals surface area contributed by atoms with Crippen LogP contribution in [0.2, 0.25) is 0 Å². The van der Waals surface area contributed by atoms with E-state index in [1.807, 2.05) is 7.05 Å². The molecule has 0 saturated heterocycles. The van der Waals surface area contributed by atoms with Gasteiger partial charge in [-0.1, -0.05) is 6.92 Å². The summed E-state index contributed by atoms with van der Waals surface area (Å²) >= 11 is 0. The third-order valence-electron chi connectivity index (χ3n) is 1.93. The van der Waals surface area contributed by atoms with Gasteiger partial charge < -0.3 is 20.1 Å². The van der Waals surface area contributed by atoms with Crippen LogP contribution in [0, 0.1) is 0 Å². The highest BCUT2D eigenvalue weighted by Crippen LogP contribution is 1.86. The lowest BCUT2D eigenvalue weighted by molar-refractivity contribution is 0.122. The zero-order valence-electron chi connectivity index (χ0n) is 8.92.